The van der Waals surface area contributed by atoms with Gasteiger partial charge in [-0.1, -0.05) is 13.8 Å². The van der Waals surface area contributed by atoms with Gasteiger partial charge in [0.05, 0.1) is 11.7 Å². The van der Waals surface area contributed by atoms with E-state index >= 15 is 0 Å². The SMILES string of the molecule is C[C@]1(O)CC[C@@]2(C)[C@@H](CC[C@@H]3[C@@H]2CC[C@]2(C)[C@H](O)CC[C@@H]32)C1. The predicted molar refractivity (Wildman–Crippen MR) is 88.4 cm³/mol. The maximum atomic E-state index is 10.5. The maximum Gasteiger partial charge on any atom is 0.0622 e. The molecule has 0 aromatic carbocycles. The lowest BCUT2D eigenvalue weighted by Crippen LogP contribution is -2.55. The van der Waals surface area contributed by atoms with Gasteiger partial charge in [-0.2, -0.15) is 0 Å². The molecule has 0 aromatic heterocycles. The Hall–Kier alpha value is -0.0800. The Balaban J connectivity index is 1.62. The number of aliphatic hydroxyl groups excluding tert-OH is 1. The molecule has 2 nitrogen and oxygen atoms in total. The molecule has 0 spiro atoms. The highest BCUT2D eigenvalue weighted by atomic mass is 16.3. The van der Waals surface area contributed by atoms with Crippen LogP contribution in [0.15, 0.2) is 0 Å². The van der Waals surface area contributed by atoms with Crippen LogP contribution in [0.4, 0.5) is 0 Å². The molecule has 0 unspecified atom stereocenters. The first kappa shape index (κ1) is 15.4. The van der Waals surface area contributed by atoms with Gasteiger partial charge in [-0.15, -0.1) is 0 Å². The summed E-state index contributed by atoms with van der Waals surface area (Å²) in [5, 5.41) is 21.0. The molecule has 2 heteroatoms. The van der Waals surface area contributed by atoms with Crippen molar-refractivity contribution in [2.45, 2.75) is 90.3 Å². The first-order chi connectivity index (χ1) is 10.3. The monoisotopic (exact) mass is 306 g/mol. The van der Waals surface area contributed by atoms with Crippen LogP contribution < -0.4 is 0 Å². The zero-order valence-corrected chi connectivity index (χ0v) is 14.6. The Labute approximate surface area is 135 Å². The summed E-state index contributed by atoms with van der Waals surface area (Å²) in [6.07, 6.45) is 10.6. The Morgan fingerprint density at radius 1 is 0.773 bits per heavy atom. The van der Waals surface area contributed by atoms with E-state index < -0.39 is 5.60 Å². The van der Waals surface area contributed by atoms with E-state index in [-0.39, 0.29) is 11.5 Å². The molecule has 0 saturated heterocycles. The van der Waals surface area contributed by atoms with Gasteiger partial charge in [0.25, 0.3) is 0 Å². The average Bonchev–Trinajstić information content (AvgIpc) is 2.76. The fourth-order valence-electron chi connectivity index (χ4n) is 7.40. The lowest BCUT2D eigenvalue weighted by molar-refractivity contribution is -0.150. The zero-order valence-electron chi connectivity index (χ0n) is 14.6. The lowest BCUT2D eigenvalue weighted by Gasteiger charge is -2.61. The van der Waals surface area contributed by atoms with E-state index in [2.05, 4.69) is 13.8 Å². The second-order valence-corrected chi connectivity index (χ2v) is 10.00. The quantitative estimate of drug-likeness (QED) is 0.706. The molecule has 0 amide bonds. The van der Waals surface area contributed by atoms with Crippen LogP contribution in [0.1, 0.15) is 78.6 Å². The molecule has 0 radical (unpaired) electrons. The van der Waals surface area contributed by atoms with Crippen molar-refractivity contribution in [1.82, 2.24) is 0 Å². The highest BCUT2D eigenvalue weighted by molar-refractivity contribution is 5.10. The van der Waals surface area contributed by atoms with E-state index in [4.69, 9.17) is 0 Å². The van der Waals surface area contributed by atoms with Gasteiger partial charge in [0.15, 0.2) is 0 Å². The van der Waals surface area contributed by atoms with Crippen LogP contribution in [0.3, 0.4) is 0 Å². The van der Waals surface area contributed by atoms with Crippen molar-refractivity contribution >= 4 is 0 Å². The summed E-state index contributed by atoms with van der Waals surface area (Å²) in [7, 11) is 0. The smallest absolute Gasteiger partial charge is 0.0622 e. The summed E-state index contributed by atoms with van der Waals surface area (Å²) < 4.78 is 0. The Kier molecular flexibility index (Phi) is 3.32. The van der Waals surface area contributed by atoms with Crippen molar-refractivity contribution in [1.29, 1.82) is 0 Å². The van der Waals surface area contributed by atoms with Crippen LogP contribution in [0, 0.1) is 34.5 Å². The van der Waals surface area contributed by atoms with Gasteiger partial charge in [-0.25, -0.2) is 0 Å². The minimum absolute atomic E-state index is 0.0592. The number of rotatable bonds is 0. The summed E-state index contributed by atoms with van der Waals surface area (Å²) in [5.74, 6) is 3.14. The van der Waals surface area contributed by atoms with E-state index in [1.165, 1.54) is 38.5 Å². The Morgan fingerprint density at radius 2 is 1.50 bits per heavy atom. The fourth-order valence-corrected chi connectivity index (χ4v) is 7.40. The second kappa shape index (κ2) is 4.72. The summed E-state index contributed by atoms with van der Waals surface area (Å²) in [6.45, 7) is 6.95. The van der Waals surface area contributed by atoms with E-state index in [0.29, 0.717) is 11.3 Å². The molecule has 0 aromatic rings. The number of hydrogen-bond donors (Lipinski definition) is 2. The van der Waals surface area contributed by atoms with E-state index in [1.54, 1.807) is 0 Å². The van der Waals surface area contributed by atoms with Gasteiger partial charge in [0.1, 0.15) is 0 Å². The van der Waals surface area contributed by atoms with Crippen LogP contribution in [0.25, 0.3) is 0 Å². The number of fused-ring (bicyclic) bond motifs is 5. The summed E-state index contributed by atoms with van der Waals surface area (Å²) in [6, 6.07) is 0. The van der Waals surface area contributed by atoms with Crippen molar-refractivity contribution in [2.75, 3.05) is 0 Å². The van der Waals surface area contributed by atoms with Crippen molar-refractivity contribution in [3.05, 3.63) is 0 Å². The number of aliphatic hydroxyl groups is 2. The third-order valence-corrected chi connectivity index (χ3v) is 8.90. The maximum absolute atomic E-state index is 10.5. The van der Waals surface area contributed by atoms with E-state index in [9.17, 15) is 10.2 Å². The van der Waals surface area contributed by atoms with Crippen molar-refractivity contribution in [3.63, 3.8) is 0 Å². The molecule has 4 aliphatic rings. The highest BCUT2D eigenvalue weighted by Crippen LogP contribution is 2.66. The van der Waals surface area contributed by atoms with Crippen LogP contribution in [-0.4, -0.2) is 21.9 Å². The van der Waals surface area contributed by atoms with Crippen molar-refractivity contribution in [3.8, 4) is 0 Å². The molecule has 0 aliphatic heterocycles. The molecule has 8 atom stereocenters. The van der Waals surface area contributed by atoms with Crippen LogP contribution >= 0.6 is 0 Å². The Morgan fingerprint density at radius 3 is 2.27 bits per heavy atom. The van der Waals surface area contributed by atoms with E-state index in [1.807, 2.05) is 6.92 Å². The molecular formula is C20H34O2. The fraction of sp³-hybridized carbons (Fsp3) is 1.00. The van der Waals surface area contributed by atoms with Crippen molar-refractivity contribution in [2.24, 2.45) is 34.5 Å². The summed E-state index contributed by atoms with van der Waals surface area (Å²) >= 11 is 0. The molecule has 0 bridgehead atoms. The van der Waals surface area contributed by atoms with Gasteiger partial charge in [0.2, 0.25) is 0 Å². The first-order valence-corrected chi connectivity index (χ1v) is 9.67. The zero-order chi connectivity index (χ0) is 15.8. The van der Waals surface area contributed by atoms with Gasteiger partial charge < -0.3 is 10.2 Å². The standard InChI is InChI=1S/C20H34O2/c1-18(22)10-11-19(2)13(12-18)4-5-14-15-6-7-17(21)20(15,3)9-8-16(14)19/h13-17,21-22H,4-12H2,1-3H3/t13-,14-,15-,16-,17+,18-,19-,20-/m0/s1. The predicted octanol–water partition coefficient (Wildman–Crippen LogP) is 4.14. The van der Waals surface area contributed by atoms with Gasteiger partial charge in [-0.3, -0.25) is 0 Å². The summed E-state index contributed by atoms with van der Waals surface area (Å²) in [5.41, 5.74) is 0.217. The van der Waals surface area contributed by atoms with Crippen LogP contribution in [0.2, 0.25) is 0 Å². The van der Waals surface area contributed by atoms with E-state index in [0.717, 1.165) is 37.0 Å². The minimum Gasteiger partial charge on any atom is -0.393 e. The number of hydrogen-bond acceptors (Lipinski definition) is 2. The third kappa shape index (κ3) is 1.99. The molecular weight excluding hydrogens is 272 g/mol. The first-order valence-electron chi connectivity index (χ1n) is 9.67. The molecule has 4 aliphatic carbocycles. The molecule has 2 N–H and O–H groups in total. The molecule has 4 fully saturated rings. The minimum atomic E-state index is -0.427. The van der Waals surface area contributed by atoms with Gasteiger partial charge in [-0.05, 0) is 99.2 Å². The van der Waals surface area contributed by atoms with Crippen LogP contribution in [0.5, 0.6) is 0 Å². The molecule has 0 heterocycles. The van der Waals surface area contributed by atoms with Gasteiger partial charge >= 0.3 is 0 Å². The third-order valence-electron chi connectivity index (χ3n) is 8.90. The summed E-state index contributed by atoms with van der Waals surface area (Å²) in [4.78, 5) is 0. The van der Waals surface area contributed by atoms with Crippen molar-refractivity contribution < 1.29 is 10.2 Å². The highest BCUT2D eigenvalue weighted by Gasteiger charge is 2.60. The van der Waals surface area contributed by atoms with Gasteiger partial charge in [0, 0.05) is 0 Å². The normalized spacial score (nSPS) is 61.2. The molecule has 4 rings (SSSR count). The molecule has 22 heavy (non-hydrogen) atoms. The Bertz CT molecular complexity index is 459. The topological polar surface area (TPSA) is 40.5 Å². The second-order valence-electron chi connectivity index (χ2n) is 10.00. The lowest BCUT2D eigenvalue weighted by atomic mass is 9.44. The average molecular weight is 306 g/mol. The van der Waals surface area contributed by atoms with Crippen LogP contribution in [-0.2, 0) is 0 Å². The largest absolute Gasteiger partial charge is 0.393 e. The molecule has 4 saturated carbocycles. The molecule has 126 valence electrons.